The Kier molecular flexibility index (Phi) is 4.70. The third-order valence-electron chi connectivity index (χ3n) is 3.93. The maximum atomic E-state index is 12.3. The van der Waals surface area contributed by atoms with Crippen molar-refractivity contribution in [3.8, 4) is 11.5 Å². The van der Waals surface area contributed by atoms with Crippen LogP contribution in [0.3, 0.4) is 0 Å². The van der Waals surface area contributed by atoms with Gasteiger partial charge in [-0.1, -0.05) is 30.3 Å². The fourth-order valence-corrected chi connectivity index (χ4v) is 2.49. The number of rotatable bonds is 5. The standard InChI is InChI=1S/C19H19N3O3/c1-13(21-19(25)15-7-8-17(23)18(24)9-15)16-10-20-22(12-16)11-14-5-3-2-4-6-14/h2-10,12-13,23-24H,11H2,1H3,(H,21,25)/t13-/m1/s1. The number of aromatic hydroxyl groups is 2. The monoisotopic (exact) mass is 337 g/mol. The van der Waals surface area contributed by atoms with Crippen LogP contribution in [-0.2, 0) is 6.54 Å². The molecule has 1 atom stereocenters. The zero-order valence-electron chi connectivity index (χ0n) is 13.8. The quantitative estimate of drug-likeness (QED) is 0.625. The molecule has 0 aliphatic heterocycles. The highest BCUT2D eigenvalue weighted by atomic mass is 16.3. The highest BCUT2D eigenvalue weighted by Crippen LogP contribution is 2.25. The number of nitrogens with zero attached hydrogens (tertiary/aromatic N) is 2. The Morgan fingerprint density at radius 1 is 1.16 bits per heavy atom. The van der Waals surface area contributed by atoms with Crippen molar-refractivity contribution in [1.82, 2.24) is 15.1 Å². The third kappa shape index (κ3) is 3.98. The van der Waals surface area contributed by atoms with Gasteiger partial charge in [-0.3, -0.25) is 9.48 Å². The molecule has 0 saturated carbocycles. The second kappa shape index (κ2) is 7.09. The molecule has 3 aromatic rings. The van der Waals surface area contributed by atoms with Crippen molar-refractivity contribution < 1.29 is 15.0 Å². The number of carbonyl (C=O) groups is 1. The fourth-order valence-electron chi connectivity index (χ4n) is 2.49. The fraction of sp³-hybridized carbons (Fsp3) is 0.158. The second-order valence-electron chi connectivity index (χ2n) is 5.86. The average Bonchev–Trinajstić information content (AvgIpc) is 3.07. The average molecular weight is 337 g/mol. The predicted octanol–water partition coefficient (Wildman–Crippen LogP) is 2.83. The zero-order valence-corrected chi connectivity index (χ0v) is 13.8. The lowest BCUT2D eigenvalue weighted by Gasteiger charge is -2.12. The summed E-state index contributed by atoms with van der Waals surface area (Å²) < 4.78 is 1.82. The molecule has 0 aliphatic carbocycles. The molecule has 0 saturated heterocycles. The molecular weight excluding hydrogens is 318 g/mol. The minimum Gasteiger partial charge on any atom is -0.504 e. The van der Waals surface area contributed by atoms with Gasteiger partial charge in [0.25, 0.3) is 5.91 Å². The van der Waals surface area contributed by atoms with Gasteiger partial charge in [0.05, 0.1) is 18.8 Å². The number of amides is 1. The number of nitrogens with one attached hydrogen (secondary N) is 1. The third-order valence-corrected chi connectivity index (χ3v) is 3.93. The number of hydrogen-bond acceptors (Lipinski definition) is 4. The predicted molar refractivity (Wildman–Crippen MR) is 93.4 cm³/mol. The maximum Gasteiger partial charge on any atom is 0.251 e. The first-order valence-corrected chi connectivity index (χ1v) is 7.92. The molecule has 128 valence electrons. The minimum atomic E-state index is -0.335. The SMILES string of the molecule is C[C@@H](NC(=O)c1ccc(O)c(O)c1)c1cnn(Cc2ccccc2)c1. The second-order valence-corrected chi connectivity index (χ2v) is 5.86. The van der Waals surface area contributed by atoms with Crippen molar-refractivity contribution in [3.05, 3.63) is 77.6 Å². The Morgan fingerprint density at radius 2 is 1.92 bits per heavy atom. The molecule has 3 rings (SSSR count). The van der Waals surface area contributed by atoms with Crippen LogP contribution in [0.4, 0.5) is 0 Å². The molecule has 0 spiro atoms. The van der Waals surface area contributed by atoms with Gasteiger partial charge in [-0.25, -0.2) is 0 Å². The van der Waals surface area contributed by atoms with Gasteiger partial charge in [-0.2, -0.15) is 5.10 Å². The molecule has 0 unspecified atom stereocenters. The summed E-state index contributed by atoms with van der Waals surface area (Å²) >= 11 is 0. The molecule has 1 aromatic heterocycles. The Balaban J connectivity index is 1.66. The summed E-state index contributed by atoms with van der Waals surface area (Å²) in [5.41, 5.74) is 2.31. The summed E-state index contributed by atoms with van der Waals surface area (Å²) in [5.74, 6) is -0.915. The summed E-state index contributed by atoms with van der Waals surface area (Å²) in [6.45, 7) is 2.52. The number of carbonyl (C=O) groups excluding carboxylic acids is 1. The van der Waals surface area contributed by atoms with Crippen LogP contribution < -0.4 is 5.32 Å². The number of phenols is 2. The number of hydrogen-bond donors (Lipinski definition) is 3. The topological polar surface area (TPSA) is 87.4 Å². The maximum absolute atomic E-state index is 12.3. The van der Waals surface area contributed by atoms with E-state index in [1.807, 2.05) is 48.1 Å². The van der Waals surface area contributed by atoms with Crippen LogP contribution in [0.5, 0.6) is 11.5 Å². The first-order valence-electron chi connectivity index (χ1n) is 7.92. The van der Waals surface area contributed by atoms with Gasteiger partial charge < -0.3 is 15.5 Å². The summed E-state index contributed by atoms with van der Waals surface area (Å²) in [5, 5.41) is 26.0. The molecule has 0 bridgehead atoms. The van der Waals surface area contributed by atoms with E-state index < -0.39 is 0 Å². The molecule has 1 heterocycles. The lowest BCUT2D eigenvalue weighted by atomic mass is 10.1. The Hall–Kier alpha value is -3.28. The van der Waals surface area contributed by atoms with E-state index in [0.29, 0.717) is 6.54 Å². The van der Waals surface area contributed by atoms with Gasteiger partial charge in [-0.15, -0.1) is 0 Å². The first-order chi connectivity index (χ1) is 12.0. The summed E-state index contributed by atoms with van der Waals surface area (Å²) in [4.78, 5) is 12.3. The van der Waals surface area contributed by atoms with Gasteiger partial charge >= 0.3 is 0 Å². The van der Waals surface area contributed by atoms with Gasteiger partial charge in [0.2, 0.25) is 0 Å². The van der Waals surface area contributed by atoms with Crippen LogP contribution in [0.15, 0.2) is 60.9 Å². The van der Waals surface area contributed by atoms with Crippen molar-refractivity contribution in [2.75, 3.05) is 0 Å². The summed E-state index contributed by atoms with van der Waals surface area (Å²) in [6.07, 6.45) is 3.62. The molecule has 25 heavy (non-hydrogen) atoms. The number of phenolic OH excluding ortho intramolecular Hbond substituents is 2. The lowest BCUT2D eigenvalue weighted by Crippen LogP contribution is -2.26. The van der Waals surface area contributed by atoms with E-state index in [-0.39, 0.29) is 29.0 Å². The van der Waals surface area contributed by atoms with E-state index in [0.717, 1.165) is 11.1 Å². The van der Waals surface area contributed by atoms with Crippen LogP contribution >= 0.6 is 0 Å². The van der Waals surface area contributed by atoms with E-state index in [9.17, 15) is 15.0 Å². The van der Waals surface area contributed by atoms with Crippen LogP contribution in [-0.4, -0.2) is 25.9 Å². The Labute approximate surface area is 145 Å². The minimum absolute atomic E-state index is 0.243. The Bertz CT molecular complexity index is 875. The van der Waals surface area contributed by atoms with E-state index in [4.69, 9.17) is 0 Å². The summed E-state index contributed by atoms with van der Waals surface area (Å²) in [7, 11) is 0. The normalized spacial score (nSPS) is 11.9. The number of benzene rings is 2. The van der Waals surface area contributed by atoms with E-state index in [1.54, 1.807) is 6.20 Å². The molecule has 2 aromatic carbocycles. The summed E-state index contributed by atoms with van der Waals surface area (Å²) in [6, 6.07) is 13.7. The van der Waals surface area contributed by atoms with Gasteiger partial charge in [0.15, 0.2) is 11.5 Å². The van der Waals surface area contributed by atoms with Crippen molar-refractivity contribution in [2.45, 2.75) is 19.5 Å². The van der Waals surface area contributed by atoms with Gasteiger partial charge in [0, 0.05) is 17.3 Å². The first kappa shape index (κ1) is 16.6. The van der Waals surface area contributed by atoms with Crippen molar-refractivity contribution in [1.29, 1.82) is 0 Å². The molecular formula is C19H19N3O3. The largest absolute Gasteiger partial charge is 0.504 e. The Morgan fingerprint density at radius 3 is 2.64 bits per heavy atom. The van der Waals surface area contributed by atoms with Crippen LogP contribution in [0.25, 0.3) is 0 Å². The van der Waals surface area contributed by atoms with Gasteiger partial charge in [-0.05, 0) is 30.7 Å². The molecule has 0 aliphatic rings. The molecule has 0 radical (unpaired) electrons. The van der Waals surface area contributed by atoms with Gasteiger partial charge in [0.1, 0.15) is 0 Å². The zero-order chi connectivity index (χ0) is 17.8. The highest BCUT2D eigenvalue weighted by Gasteiger charge is 2.14. The van der Waals surface area contributed by atoms with Crippen LogP contribution in [0.1, 0.15) is 34.5 Å². The smallest absolute Gasteiger partial charge is 0.251 e. The van der Waals surface area contributed by atoms with E-state index in [1.165, 1.54) is 18.2 Å². The molecule has 3 N–H and O–H groups in total. The molecule has 0 fully saturated rings. The van der Waals surface area contributed by atoms with Crippen molar-refractivity contribution >= 4 is 5.91 Å². The van der Waals surface area contributed by atoms with Crippen molar-refractivity contribution in [3.63, 3.8) is 0 Å². The molecule has 6 nitrogen and oxygen atoms in total. The van der Waals surface area contributed by atoms with Crippen molar-refractivity contribution in [2.24, 2.45) is 0 Å². The highest BCUT2D eigenvalue weighted by molar-refractivity contribution is 5.95. The molecule has 1 amide bonds. The van der Waals surface area contributed by atoms with E-state index >= 15 is 0 Å². The van der Waals surface area contributed by atoms with E-state index in [2.05, 4.69) is 10.4 Å². The van der Waals surface area contributed by atoms with Crippen LogP contribution in [0, 0.1) is 0 Å². The lowest BCUT2D eigenvalue weighted by molar-refractivity contribution is 0.0939. The van der Waals surface area contributed by atoms with Crippen LogP contribution in [0.2, 0.25) is 0 Å². The molecule has 6 heteroatoms. The number of aromatic nitrogens is 2.